The van der Waals surface area contributed by atoms with Crippen LogP contribution in [0.2, 0.25) is 0 Å². The van der Waals surface area contributed by atoms with Gasteiger partial charge in [-0.15, -0.1) is 0 Å². The van der Waals surface area contributed by atoms with E-state index in [1.165, 1.54) is 0 Å². The minimum atomic E-state index is -0.958. The highest BCUT2D eigenvalue weighted by Crippen LogP contribution is 2.33. The smallest absolute Gasteiger partial charge is 0.137 e. The van der Waals surface area contributed by atoms with E-state index in [0.717, 1.165) is 16.5 Å². The van der Waals surface area contributed by atoms with Gasteiger partial charge in [0.25, 0.3) is 0 Å². The summed E-state index contributed by atoms with van der Waals surface area (Å²) in [6, 6.07) is 19.8. The Hall–Kier alpha value is -2.06. The zero-order valence-corrected chi connectivity index (χ0v) is 11.5. The van der Waals surface area contributed by atoms with E-state index in [9.17, 15) is 5.11 Å². The van der Waals surface area contributed by atoms with Crippen LogP contribution in [0.25, 0.3) is 11.0 Å². The molecule has 1 atom stereocenters. The molecule has 0 bridgehead atoms. The van der Waals surface area contributed by atoms with Crippen molar-refractivity contribution in [3.05, 3.63) is 72.0 Å². The van der Waals surface area contributed by atoms with Gasteiger partial charge < -0.3 is 9.52 Å². The van der Waals surface area contributed by atoms with Gasteiger partial charge in [0.1, 0.15) is 16.9 Å². The van der Waals surface area contributed by atoms with Crippen molar-refractivity contribution in [2.24, 2.45) is 0 Å². The molecule has 0 saturated carbocycles. The second-order valence-electron chi connectivity index (χ2n) is 5.20. The van der Waals surface area contributed by atoms with Gasteiger partial charge in [-0.1, -0.05) is 55.5 Å². The molecule has 2 nitrogen and oxygen atoms in total. The largest absolute Gasteiger partial charge is 0.458 e. The van der Waals surface area contributed by atoms with Gasteiger partial charge in [-0.2, -0.15) is 0 Å². The Balaban J connectivity index is 1.99. The molecule has 0 aliphatic heterocycles. The van der Waals surface area contributed by atoms with Gasteiger partial charge >= 0.3 is 0 Å². The van der Waals surface area contributed by atoms with E-state index in [1.54, 1.807) is 0 Å². The molecule has 0 aliphatic carbocycles. The Morgan fingerprint density at radius 3 is 2.40 bits per heavy atom. The number of hydrogen-bond acceptors (Lipinski definition) is 2. The average molecular weight is 266 g/mol. The van der Waals surface area contributed by atoms with Crippen molar-refractivity contribution in [2.45, 2.75) is 25.4 Å². The number of hydrogen-bond donors (Lipinski definition) is 1. The first kappa shape index (κ1) is 12.9. The first-order valence-electron chi connectivity index (χ1n) is 6.97. The van der Waals surface area contributed by atoms with Crippen LogP contribution < -0.4 is 0 Å². The molecular formula is C18H18O2. The summed E-state index contributed by atoms with van der Waals surface area (Å²) >= 11 is 0. The van der Waals surface area contributed by atoms with E-state index in [1.807, 2.05) is 67.6 Å². The van der Waals surface area contributed by atoms with Crippen LogP contribution in [0.15, 0.2) is 65.1 Å². The van der Waals surface area contributed by atoms with Gasteiger partial charge in [-0.3, -0.25) is 0 Å². The quantitative estimate of drug-likeness (QED) is 0.765. The number of fused-ring (bicyclic) bond motifs is 1. The Morgan fingerprint density at radius 2 is 1.70 bits per heavy atom. The van der Waals surface area contributed by atoms with Crippen molar-refractivity contribution in [3.63, 3.8) is 0 Å². The second-order valence-corrected chi connectivity index (χ2v) is 5.20. The Labute approximate surface area is 118 Å². The lowest BCUT2D eigenvalue weighted by molar-refractivity contribution is 0.0124. The third-order valence-corrected chi connectivity index (χ3v) is 3.81. The number of para-hydroxylation sites is 1. The maximum atomic E-state index is 11.0. The van der Waals surface area contributed by atoms with Gasteiger partial charge in [0.15, 0.2) is 0 Å². The molecule has 0 spiro atoms. The minimum absolute atomic E-state index is 0.560. The second kappa shape index (κ2) is 5.14. The molecule has 3 aromatic rings. The van der Waals surface area contributed by atoms with Crippen LogP contribution in [-0.2, 0) is 12.0 Å². The van der Waals surface area contributed by atoms with E-state index in [-0.39, 0.29) is 0 Å². The zero-order valence-electron chi connectivity index (χ0n) is 11.5. The maximum Gasteiger partial charge on any atom is 0.137 e. The van der Waals surface area contributed by atoms with Gasteiger partial charge in [0.2, 0.25) is 0 Å². The summed E-state index contributed by atoms with van der Waals surface area (Å²) in [4.78, 5) is 0. The van der Waals surface area contributed by atoms with Crippen LogP contribution in [0, 0.1) is 0 Å². The van der Waals surface area contributed by atoms with Crippen molar-refractivity contribution in [3.8, 4) is 0 Å². The molecule has 20 heavy (non-hydrogen) atoms. The number of furan rings is 1. The van der Waals surface area contributed by atoms with Crippen molar-refractivity contribution >= 4 is 11.0 Å². The van der Waals surface area contributed by atoms with Crippen molar-refractivity contribution in [1.82, 2.24) is 0 Å². The van der Waals surface area contributed by atoms with Gasteiger partial charge in [-0.05, 0) is 24.1 Å². The van der Waals surface area contributed by atoms with Crippen LogP contribution in [0.3, 0.4) is 0 Å². The molecule has 2 heteroatoms. The molecule has 102 valence electrons. The third-order valence-electron chi connectivity index (χ3n) is 3.81. The molecule has 3 rings (SSSR count). The van der Waals surface area contributed by atoms with E-state index in [2.05, 4.69) is 0 Å². The molecule has 1 unspecified atom stereocenters. The Morgan fingerprint density at radius 1 is 1.00 bits per heavy atom. The Bertz CT molecular complexity index is 667. The zero-order chi connectivity index (χ0) is 14.0. The van der Waals surface area contributed by atoms with Gasteiger partial charge in [0.05, 0.1) is 0 Å². The predicted molar refractivity (Wildman–Crippen MR) is 80.5 cm³/mol. The summed E-state index contributed by atoms with van der Waals surface area (Å²) < 4.78 is 5.85. The summed E-state index contributed by atoms with van der Waals surface area (Å²) in [7, 11) is 0. The molecule has 0 amide bonds. The van der Waals surface area contributed by atoms with E-state index >= 15 is 0 Å². The summed E-state index contributed by atoms with van der Waals surface area (Å²) in [6.45, 7) is 1.98. The highest BCUT2D eigenvalue weighted by atomic mass is 16.4. The fourth-order valence-corrected chi connectivity index (χ4v) is 2.53. The summed E-state index contributed by atoms with van der Waals surface area (Å²) in [5.41, 5.74) is 0.972. The Kier molecular flexibility index (Phi) is 3.33. The minimum Gasteiger partial charge on any atom is -0.458 e. The molecular weight excluding hydrogens is 248 g/mol. The van der Waals surface area contributed by atoms with Gasteiger partial charge in [0, 0.05) is 11.8 Å². The average Bonchev–Trinajstić information content (AvgIpc) is 2.93. The van der Waals surface area contributed by atoms with Crippen LogP contribution in [0.1, 0.15) is 24.7 Å². The third kappa shape index (κ3) is 2.35. The molecule has 0 saturated heterocycles. The predicted octanol–water partition coefficient (Wildman–Crippen LogP) is 4.27. The van der Waals surface area contributed by atoms with E-state index in [4.69, 9.17) is 4.42 Å². The summed E-state index contributed by atoms with van der Waals surface area (Å²) in [5.74, 6) is 0.644. The highest BCUT2D eigenvalue weighted by Gasteiger charge is 2.31. The van der Waals surface area contributed by atoms with Gasteiger partial charge in [-0.25, -0.2) is 0 Å². The standard InChI is InChI=1S/C18H18O2/c1-2-18(19,13-14-8-4-3-5-9-14)17-12-15-10-6-7-11-16(15)20-17/h3-12,19H,2,13H2,1H3. The summed E-state index contributed by atoms with van der Waals surface area (Å²) in [6.07, 6.45) is 1.17. The molecule has 0 radical (unpaired) electrons. The van der Waals surface area contributed by atoms with E-state index < -0.39 is 5.60 Å². The number of rotatable bonds is 4. The first-order chi connectivity index (χ1) is 9.71. The van der Waals surface area contributed by atoms with Crippen LogP contribution in [-0.4, -0.2) is 5.11 Å². The lowest BCUT2D eigenvalue weighted by atomic mass is 9.89. The fourth-order valence-electron chi connectivity index (χ4n) is 2.53. The molecule has 0 fully saturated rings. The summed E-state index contributed by atoms with van der Waals surface area (Å²) in [5, 5.41) is 12.0. The fraction of sp³-hybridized carbons (Fsp3) is 0.222. The molecule has 1 heterocycles. The molecule has 0 aliphatic rings. The van der Waals surface area contributed by atoms with Crippen LogP contribution in [0.4, 0.5) is 0 Å². The van der Waals surface area contributed by atoms with Crippen LogP contribution in [0.5, 0.6) is 0 Å². The van der Waals surface area contributed by atoms with Crippen LogP contribution >= 0.6 is 0 Å². The number of aliphatic hydroxyl groups is 1. The molecule has 1 N–H and O–H groups in total. The lowest BCUT2D eigenvalue weighted by Gasteiger charge is -2.24. The van der Waals surface area contributed by atoms with Crippen molar-refractivity contribution in [2.75, 3.05) is 0 Å². The first-order valence-corrected chi connectivity index (χ1v) is 6.97. The molecule has 2 aromatic carbocycles. The lowest BCUT2D eigenvalue weighted by Crippen LogP contribution is -2.27. The topological polar surface area (TPSA) is 33.4 Å². The van der Waals surface area contributed by atoms with Crippen molar-refractivity contribution in [1.29, 1.82) is 0 Å². The molecule has 1 aromatic heterocycles. The van der Waals surface area contributed by atoms with Crippen molar-refractivity contribution < 1.29 is 9.52 Å². The SMILES string of the molecule is CCC(O)(Cc1ccccc1)c1cc2ccccc2o1. The highest BCUT2D eigenvalue weighted by molar-refractivity contribution is 5.77. The number of benzene rings is 2. The normalized spacial score (nSPS) is 14.3. The van der Waals surface area contributed by atoms with E-state index in [0.29, 0.717) is 18.6 Å². The monoisotopic (exact) mass is 266 g/mol. The maximum absolute atomic E-state index is 11.0.